The monoisotopic (exact) mass is 1490 g/mol. The lowest BCUT2D eigenvalue weighted by Gasteiger charge is -2.25. The van der Waals surface area contributed by atoms with E-state index in [1.165, 1.54) is 65.9 Å². The first kappa shape index (κ1) is 69.4. The largest absolute Gasteiger partial charge is 0.309 e. The lowest BCUT2D eigenvalue weighted by molar-refractivity contribution is 1.13. The second-order valence-corrected chi connectivity index (χ2v) is 29.8. The number of hydrogen-bond acceptors (Lipinski definition) is 2. The van der Waals surface area contributed by atoms with E-state index >= 15 is 0 Å². The lowest BCUT2D eigenvalue weighted by Crippen LogP contribution is -2.01. The standard InChI is InChI=1S/C65H45N.C47H30N4/c1-9-26-46(27-10-1)54-44-56(62(50-34-17-5-18-35-50)64(52-38-21-7-22-39-52)60(54)48-30-13-3-14-31-48)58-42-25-43-59(66-58)57-45-55(47-28-11-2-12-29-47)61(49-32-15-4-16-33-49)65(53-40-23-8-24-41-53)63(57)51-36-19-6-20-37-51;1-2-13-31(14-3-1)40-26-28-46-47(48-40)39-30-34(50-43-23-10-6-19-37(43)38-20-7-11-24-44(38)50)25-27-45(39)51(46)33-16-12-15-32(29-33)49-41-21-8-4-17-35(41)36-18-5-9-22-42(36)49/h1-45H;1-30H. The molecule has 0 unspecified atom stereocenters. The molecule has 548 valence electrons. The smallest absolute Gasteiger partial charge is 0.0971 e. The molecule has 0 amide bonds. The van der Waals surface area contributed by atoms with E-state index in [0.717, 1.165) is 140 Å². The molecule has 0 aliphatic heterocycles. The summed E-state index contributed by atoms with van der Waals surface area (Å²) in [5.74, 6) is 0. The summed E-state index contributed by atoms with van der Waals surface area (Å²) in [6, 6.07) is 163. The van der Waals surface area contributed by atoms with Crippen LogP contribution in [-0.4, -0.2) is 23.7 Å². The third-order valence-electron chi connectivity index (χ3n) is 22.9. The number of rotatable bonds is 14. The van der Waals surface area contributed by atoms with Crippen LogP contribution in [0, 0.1) is 0 Å². The van der Waals surface area contributed by atoms with Gasteiger partial charge in [-0.2, -0.15) is 0 Å². The first-order chi connectivity index (χ1) is 58.1. The van der Waals surface area contributed by atoms with Gasteiger partial charge in [-0.05, 0) is 186 Å². The topological polar surface area (TPSA) is 40.6 Å². The van der Waals surface area contributed by atoms with Crippen molar-refractivity contribution in [3.63, 3.8) is 0 Å². The molecule has 0 fully saturated rings. The van der Waals surface area contributed by atoms with Gasteiger partial charge in [-0.15, -0.1) is 0 Å². The highest BCUT2D eigenvalue weighted by atomic mass is 15.0. The number of para-hydroxylation sites is 4. The number of benzene rings is 17. The van der Waals surface area contributed by atoms with Crippen LogP contribution in [0.25, 0.3) is 205 Å². The number of pyridine rings is 2. The van der Waals surface area contributed by atoms with Gasteiger partial charge in [0, 0.05) is 60.7 Å². The maximum atomic E-state index is 5.83. The Bertz CT molecular complexity index is 7090. The summed E-state index contributed by atoms with van der Waals surface area (Å²) in [6.45, 7) is 0. The molecule has 0 spiro atoms. The highest BCUT2D eigenvalue weighted by molar-refractivity contribution is 6.14. The zero-order valence-corrected chi connectivity index (χ0v) is 64.0. The Hall–Kier alpha value is -15.6. The van der Waals surface area contributed by atoms with Crippen molar-refractivity contribution in [3.8, 4) is 140 Å². The van der Waals surface area contributed by atoms with Crippen molar-refractivity contribution < 1.29 is 0 Å². The molecule has 0 aliphatic rings. The van der Waals surface area contributed by atoms with Crippen LogP contribution in [0.5, 0.6) is 0 Å². The van der Waals surface area contributed by atoms with E-state index in [-0.39, 0.29) is 0 Å². The molecule has 0 saturated heterocycles. The van der Waals surface area contributed by atoms with E-state index in [2.05, 4.69) is 469 Å². The summed E-state index contributed by atoms with van der Waals surface area (Å²) in [5, 5.41) is 6.13. The van der Waals surface area contributed by atoms with Crippen LogP contribution in [0.15, 0.2) is 455 Å². The molecule has 0 aliphatic carbocycles. The summed E-state index contributed by atoms with van der Waals surface area (Å²) < 4.78 is 7.14. The van der Waals surface area contributed by atoms with E-state index in [1.54, 1.807) is 0 Å². The fourth-order valence-corrected chi connectivity index (χ4v) is 17.8. The van der Waals surface area contributed by atoms with Crippen LogP contribution in [0.4, 0.5) is 0 Å². The maximum Gasteiger partial charge on any atom is 0.0971 e. The van der Waals surface area contributed by atoms with Gasteiger partial charge in [0.25, 0.3) is 0 Å². The summed E-state index contributed by atoms with van der Waals surface area (Å²) in [6.07, 6.45) is 0. The van der Waals surface area contributed by atoms with Gasteiger partial charge in [0.15, 0.2) is 0 Å². The van der Waals surface area contributed by atoms with Crippen LogP contribution in [0.2, 0.25) is 0 Å². The Balaban J connectivity index is 0.000000150. The normalized spacial score (nSPS) is 11.4. The van der Waals surface area contributed by atoms with Crippen molar-refractivity contribution in [2.24, 2.45) is 0 Å². The van der Waals surface area contributed by atoms with Gasteiger partial charge >= 0.3 is 0 Å². The molecule has 22 rings (SSSR count). The minimum Gasteiger partial charge on any atom is -0.309 e. The van der Waals surface area contributed by atoms with Gasteiger partial charge in [0.05, 0.1) is 55.7 Å². The molecule has 0 saturated carbocycles. The third kappa shape index (κ3) is 12.6. The zero-order valence-electron chi connectivity index (χ0n) is 64.0. The molecule has 5 aromatic heterocycles. The lowest BCUT2D eigenvalue weighted by atomic mass is 9.79. The zero-order chi connectivity index (χ0) is 77.5. The molecule has 0 bridgehead atoms. The molecule has 0 N–H and O–H groups in total. The number of fused-ring (bicyclic) bond motifs is 9. The molecular weight excluding hydrogens is 1420 g/mol. The summed E-state index contributed by atoms with van der Waals surface area (Å²) in [7, 11) is 0. The van der Waals surface area contributed by atoms with Crippen LogP contribution in [0.1, 0.15) is 0 Å². The number of nitrogens with zero attached hydrogens (tertiary/aromatic N) is 5. The van der Waals surface area contributed by atoms with Gasteiger partial charge in [-0.1, -0.05) is 358 Å². The molecule has 22 aromatic rings. The van der Waals surface area contributed by atoms with Crippen LogP contribution < -0.4 is 0 Å². The summed E-state index contributed by atoms with van der Waals surface area (Å²) in [5.41, 5.74) is 35.7. The molecule has 5 heteroatoms. The van der Waals surface area contributed by atoms with E-state index in [9.17, 15) is 0 Å². The molecule has 0 atom stereocenters. The average Bonchev–Trinajstić information content (AvgIpc) is 1.65. The third-order valence-corrected chi connectivity index (χ3v) is 22.9. The van der Waals surface area contributed by atoms with E-state index < -0.39 is 0 Å². The predicted octanol–water partition coefficient (Wildman–Crippen LogP) is 29.8. The second kappa shape index (κ2) is 30.2. The molecule has 5 nitrogen and oxygen atoms in total. The summed E-state index contributed by atoms with van der Waals surface area (Å²) in [4.78, 5) is 11.2. The van der Waals surface area contributed by atoms with Gasteiger partial charge in [-0.3, -0.25) is 0 Å². The number of aromatic nitrogens is 5. The van der Waals surface area contributed by atoms with Crippen LogP contribution in [-0.2, 0) is 0 Å². The Morgan fingerprint density at radius 3 is 0.786 bits per heavy atom. The first-order valence-corrected chi connectivity index (χ1v) is 40.0. The van der Waals surface area contributed by atoms with Gasteiger partial charge in [-0.25, -0.2) is 9.97 Å². The van der Waals surface area contributed by atoms with Crippen molar-refractivity contribution in [1.29, 1.82) is 0 Å². The summed E-state index contributed by atoms with van der Waals surface area (Å²) >= 11 is 0. The highest BCUT2D eigenvalue weighted by Gasteiger charge is 2.29. The second-order valence-electron chi connectivity index (χ2n) is 29.8. The molecule has 17 aromatic carbocycles. The van der Waals surface area contributed by atoms with Gasteiger partial charge in [0.2, 0.25) is 0 Å². The minimum absolute atomic E-state index is 0.897. The maximum absolute atomic E-state index is 5.83. The average molecular weight is 1490 g/mol. The molecule has 5 heterocycles. The molecule has 117 heavy (non-hydrogen) atoms. The van der Waals surface area contributed by atoms with E-state index in [4.69, 9.17) is 9.97 Å². The minimum atomic E-state index is 0.897. The van der Waals surface area contributed by atoms with Crippen molar-refractivity contribution >= 4 is 65.5 Å². The van der Waals surface area contributed by atoms with Gasteiger partial charge in [0.1, 0.15) is 0 Å². The Labute approximate surface area is 679 Å². The SMILES string of the molecule is c1ccc(-c2cc(-c3cccc(-c4cc(-c5ccccc5)c(-c5ccccc5)c(-c5ccccc5)c4-c4ccccc4)n3)c(-c3ccccc3)c(-c3ccccc3)c2-c2ccccc2)cc1.c1ccc(-c2ccc3c(n2)c2cc(-n4c5ccccc5c5ccccc54)ccc2n3-c2cccc(-n3c4ccccc4c4ccccc43)c2)cc1. The first-order valence-electron chi connectivity index (χ1n) is 40.0. The Kier molecular flexibility index (Phi) is 17.9. The molecular formula is C112H75N5. The van der Waals surface area contributed by atoms with Crippen LogP contribution >= 0.6 is 0 Å². The van der Waals surface area contributed by atoms with Crippen molar-refractivity contribution in [2.75, 3.05) is 0 Å². The quantitative estimate of drug-likeness (QED) is 0.109. The fourth-order valence-electron chi connectivity index (χ4n) is 17.8. The van der Waals surface area contributed by atoms with E-state index in [1.807, 2.05) is 0 Å². The molecule has 0 radical (unpaired) electrons. The number of hydrogen-bond donors (Lipinski definition) is 0. The Morgan fingerprint density at radius 2 is 0.419 bits per heavy atom. The van der Waals surface area contributed by atoms with Crippen LogP contribution in [0.3, 0.4) is 0 Å². The van der Waals surface area contributed by atoms with Crippen molar-refractivity contribution in [2.45, 2.75) is 0 Å². The van der Waals surface area contributed by atoms with Crippen molar-refractivity contribution in [3.05, 3.63) is 455 Å². The van der Waals surface area contributed by atoms with Gasteiger partial charge < -0.3 is 13.7 Å². The fraction of sp³-hybridized carbons (Fsp3) is 0. The highest BCUT2D eigenvalue weighted by Crippen LogP contribution is 2.54. The van der Waals surface area contributed by atoms with Crippen molar-refractivity contribution in [1.82, 2.24) is 23.7 Å². The predicted molar refractivity (Wildman–Crippen MR) is 491 cm³/mol. The Morgan fingerprint density at radius 1 is 0.145 bits per heavy atom. The van der Waals surface area contributed by atoms with E-state index in [0.29, 0.717) is 0 Å².